The monoisotopic (exact) mass is 196 g/mol. The second-order valence-electron chi connectivity index (χ2n) is 2.50. The molecule has 0 amide bonds. The number of carbonyl (C=O) groups is 1. The second-order valence-corrected chi connectivity index (χ2v) is 2.50. The van der Waals surface area contributed by atoms with Crippen molar-refractivity contribution < 1.29 is 19.0 Å². The molecule has 0 aromatic heterocycles. The minimum atomic E-state index is -1.34. The van der Waals surface area contributed by atoms with Gasteiger partial charge in [-0.05, 0) is 12.1 Å². The fourth-order valence-corrected chi connectivity index (χ4v) is 0.905. The SMILES string of the molecule is O=C(O)OCC=Cc1ccccc1F. The molecule has 0 radical (unpaired) electrons. The third-order valence-electron chi connectivity index (χ3n) is 1.51. The molecule has 0 spiro atoms. The van der Waals surface area contributed by atoms with Gasteiger partial charge in [0, 0.05) is 5.56 Å². The normalized spacial score (nSPS) is 10.4. The van der Waals surface area contributed by atoms with E-state index in [1.54, 1.807) is 18.2 Å². The van der Waals surface area contributed by atoms with Crippen LogP contribution in [0.1, 0.15) is 5.56 Å². The van der Waals surface area contributed by atoms with Crippen LogP contribution in [0, 0.1) is 5.82 Å². The van der Waals surface area contributed by atoms with Gasteiger partial charge in [0.15, 0.2) is 0 Å². The van der Waals surface area contributed by atoms with E-state index in [2.05, 4.69) is 4.74 Å². The number of carboxylic acid groups (broad SMARTS) is 1. The van der Waals surface area contributed by atoms with Crippen LogP contribution in [0.2, 0.25) is 0 Å². The molecule has 0 unspecified atom stereocenters. The molecule has 1 N–H and O–H groups in total. The Kier molecular flexibility index (Phi) is 3.67. The van der Waals surface area contributed by atoms with Crippen LogP contribution in [0.4, 0.5) is 9.18 Å². The Morgan fingerprint density at radius 3 is 2.86 bits per heavy atom. The van der Waals surface area contributed by atoms with Crippen LogP contribution in [0.15, 0.2) is 30.3 Å². The predicted molar refractivity (Wildman–Crippen MR) is 49.4 cm³/mol. The molecule has 0 heterocycles. The molecular weight excluding hydrogens is 187 g/mol. The minimum Gasteiger partial charge on any atom is -0.450 e. The standard InChI is InChI=1S/C10H9FO3/c11-9-6-2-1-4-8(9)5-3-7-14-10(12)13/h1-6H,7H2,(H,12,13). The summed E-state index contributed by atoms with van der Waals surface area (Å²) in [5, 5.41) is 8.14. The van der Waals surface area contributed by atoms with Crippen molar-refractivity contribution in [3.63, 3.8) is 0 Å². The van der Waals surface area contributed by atoms with Gasteiger partial charge in [0.05, 0.1) is 0 Å². The molecule has 1 aromatic carbocycles. The first-order chi connectivity index (χ1) is 6.70. The quantitative estimate of drug-likeness (QED) is 0.755. The van der Waals surface area contributed by atoms with E-state index in [0.29, 0.717) is 5.56 Å². The molecule has 1 rings (SSSR count). The number of rotatable bonds is 3. The van der Waals surface area contributed by atoms with Crippen LogP contribution >= 0.6 is 0 Å². The zero-order valence-electron chi connectivity index (χ0n) is 7.31. The summed E-state index contributed by atoms with van der Waals surface area (Å²) in [5.41, 5.74) is 0.404. The molecule has 14 heavy (non-hydrogen) atoms. The van der Waals surface area contributed by atoms with Gasteiger partial charge >= 0.3 is 6.16 Å². The number of ether oxygens (including phenoxy) is 1. The number of hydrogen-bond donors (Lipinski definition) is 1. The highest BCUT2D eigenvalue weighted by molar-refractivity contribution is 5.57. The molecule has 0 fully saturated rings. The lowest BCUT2D eigenvalue weighted by molar-refractivity contribution is 0.102. The van der Waals surface area contributed by atoms with Crippen molar-refractivity contribution >= 4 is 12.2 Å². The Morgan fingerprint density at radius 1 is 1.50 bits per heavy atom. The first-order valence-corrected chi connectivity index (χ1v) is 3.97. The lowest BCUT2D eigenvalue weighted by Gasteiger charge is -1.95. The highest BCUT2D eigenvalue weighted by Gasteiger charge is 1.95. The van der Waals surface area contributed by atoms with Crippen LogP contribution in [0.25, 0.3) is 6.08 Å². The summed E-state index contributed by atoms with van der Waals surface area (Å²) in [6, 6.07) is 6.20. The average Bonchev–Trinajstić information content (AvgIpc) is 2.15. The maximum absolute atomic E-state index is 13.0. The van der Waals surface area contributed by atoms with E-state index in [4.69, 9.17) is 5.11 Å². The fourth-order valence-electron chi connectivity index (χ4n) is 0.905. The Morgan fingerprint density at radius 2 is 2.21 bits per heavy atom. The van der Waals surface area contributed by atoms with Gasteiger partial charge in [0.1, 0.15) is 12.4 Å². The van der Waals surface area contributed by atoms with Gasteiger partial charge in [-0.1, -0.05) is 24.3 Å². The highest BCUT2D eigenvalue weighted by Crippen LogP contribution is 2.07. The number of hydrogen-bond acceptors (Lipinski definition) is 2. The van der Waals surface area contributed by atoms with Crippen molar-refractivity contribution in [1.29, 1.82) is 0 Å². The Balaban J connectivity index is 2.52. The summed E-state index contributed by atoms with van der Waals surface area (Å²) in [4.78, 5) is 9.95. The van der Waals surface area contributed by atoms with E-state index < -0.39 is 6.16 Å². The molecule has 4 heteroatoms. The van der Waals surface area contributed by atoms with Crippen molar-refractivity contribution in [3.05, 3.63) is 41.7 Å². The topological polar surface area (TPSA) is 46.5 Å². The van der Waals surface area contributed by atoms with E-state index in [1.807, 2.05) is 0 Å². The molecule has 0 saturated carbocycles. The molecule has 0 saturated heterocycles. The molecule has 0 aliphatic heterocycles. The molecule has 0 bridgehead atoms. The van der Waals surface area contributed by atoms with Gasteiger partial charge in [0.25, 0.3) is 0 Å². The van der Waals surface area contributed by atoms with Gasteiger partial charge in [-0.25, -0.2) is 9.18 Å². The van der Waals surface area contributed by atoms with E-state index in [1.165, 1.54) is 18.2 Å². The lowest BCUT2D eigenvalue weighted by Crippen LogP contribution is -1.98. The molecule has 1 aromatic rings. The second kappa shape index (κ2) is 5.01. The summed E-state index contributed by atoms with van der Waals surface area (Å²) in [5.74, 6) is -0.348. The number of benzene rings is 1. The maximum atomic E-state index is 13.0. The first-order valence-electron chi connectivity index (χ1n) is 3.97. The van der Waals surface area contributed by atoms with Gasteiger partial charge < -0.3 is 9.84 Å². The van der Waals surface area contributed by atoms with Gasteiger partial charge in [-0.15, -0.1) is 0 Å². The summed E-state index contributed by atoms with van der Waals surface area (Å²) < 4.78 is 17.2. The molecule has 0 atom stereocenters. The highest BCUT2D eigenvalue weighted by atomic mass is 19.1. The van der Waals surface area contributed by atoms with Gasteiger partial charge in [-0.2, -0.15) is 0 Å². The Bertz CT molecular complexity index is 347. The largest absolute Gasteiger partial charge is 0.506 e. The smallest absolute Gasteiger partial charge is 0.450 e. The molecular formula is C10H9FO3. The zero-order valence-corrected chi connectivity index (χ0v) is 7.31. The van der Waals surface area contributed by atoms with Crippen molar-refractivity contribution in [1.82, 2.24) is 0 Å². The van der Waals surface area contributed by atoms with E-state index in [9.17, 15) is 9.18 Å². The zero-order chi connectivity index (χ0) is 10.4. The van der Waals surface area contributed by atoms with Crippen molar-refractivity contribution in [2.24, 2.45) is 0 Å². The van der Waals surface area contributed by atoms with E-state index >= 15 is 0 Å². The third-order valence-corrected chi connectivity index (χ3v) is 1.51. The van der Waals surface area contributed by atoms with Crippen LogP contribution in [0.3, 0.4) is 0 Å². The lowest BCUT2D eigenvalue weighted by atomic mass is 10.2. The maximum Gasteiger partial charge on any atom is 0.506 e. The molecule has 0 aliphatic rings. The van der Waals surface area contributed by atoms with Crippen molar-refractivity contribution in [2.75, 3.05) is 6.61 Å². The van der Waals surface area contributed by atoms with E-state index in [-0.39, 0.29) is 12.4 Å². The predicted octanol–water partition coefficient (Wildman–Crippen LogP) is 2.53. The van der Waals surface area contributed by atoms with Crippen LogP contribution < -0.4 is 0 Å². The molecule has 74 valence electrons. The van der Waals surface area contributed by atoms with Gasteiger partial charge in [-0.3, -0.25) is 0 Å². The van der Waals surface area contributed by atoms with E-state index in [0.717, 1.165) is 0 Å². The molecule has 3 nitrogen and oxygen atoms in total. The van der Waals surface area contributed by atoms with Crippen molar-refractivity contribution in [2.45, 2.75) is 0 Å². The summed E-state index contributed by atoms with van der Waals surface area (Å²) in [6.07, 6.45) is 1.56. The number of halogens is 1. The third kappa shape index (κ3) is 3.26. The fraction of sp³-hybridized carbons (Fsp3) is 0.100. The Hall–Kier alpha value is -1.84. The molecule has 0 aliphatic carbocycles. The summed E-state index contributed by atoms with van der Waals surface area (Å²) in [6.45, 7) is -0.0797. The van der Waals surface area contributed by atoms with Crippen LogP contribution in [-0.2, 0) is 4.74 Å². The average molecular weight is 196 g/mol. The Labute approximate surface area is 80.4 Å². The van der Waals surface area contributed by atoms with Gasteiger partial charge in [0.2, 0.25) is 0 Å². The van der Waals surface area contributed by atoms with Crippen molar-refractivity contribution in [3.8, 4) is 0 Å². The summed E-state index contributed by atoms with van der Waals surface area (Å²) in [7, 11) is 0. The van der Waals surface area contributed by atoms with Crippen LogP contribution in [0.5, 0.6) is 0 Å². The van der Waals surface area contributed by atoms with Crippen LogP contribution in [-0.4, -0.2) is 17.9 Å². The minimum absolute atomic E-state index is 0.0797. The summed E-state index contributed by atoms with van der Waals surface area (Å²) >= 11 is 0. The first kappa shape index (κ1) is 10.2.